The van der Waals surface area contributed by atoms with Gasteiger partial charge in [-0.1, -0.05) is 12.8 Å². The van der Waals surface area contributed by atoms with E-state index in [4.69, 9.17) is 4.74 Å². The van der Waals surface area contributed by atoms with Gasteiger partial charge in [0.1, 0.15) is 0 Å². The Kier molecular flexibility index (Phi) is 9.99. The molecule has 4 nitrogen and oxygen atoms in total. The van der Waals surface area contributed by atoms with Gasteiger partial charge in [-0.2, -0.15) is 11.8 Å². The van der Waals surface area contributed by atoms with Gasteiger partial charge in [0.15, 0.2) is 5.96 Å². The maximum atomic E-state index is 5.83. The van der Waals surface area contributed by atoms with Gasteiger partial charge in [0.25, 0.3) is 0 Å². The van der Waals surface area contributed by atoms with Crippen molar-refractivity contribution in [1.82, 2.24) is 10.6 Å². The number of hydrogen-bond acceptors (Lipinski definition) is 3. The van der Waals surface area contributed by atoms with Gasteiger partial charge in [-0.15, -0.1) is 0 Å². The van der Waals surface area contributed by atoms with Crippen LogP contribution in [0.3, 0.4) is 0 Å². The molecule has 1 saturated carbocycles. The molecule has 1 rings (SSSR count). The fourth-order valence-electron chi connectivity index (χ4n) is 2.17. The van der Waals surface area contributed by atoms with Crippen LogP contribution in [-0.4, -0.2) is 50.3 Å². The first-order valence-electron chi connectivity index (χ1n) is 7.49. The van der Waals surface area contributed by atoms with Crippen molar-refractivity contribution in [3.63, 3.8) is 0 Å². The minimum atomic E-state index is 0.525. The number of rotatable bonds is 9. The molecule has 0 bridgehead atoms. The van der Waals surface area contributed by atoms with Crippen LogP contribution < -0.4 is 10.6 Å². The summed E-state index contributed by atoms with van der Waals surface area (Å²) in [5, 5.41) is 6.59. The van der Waals surface area contributed by atoms with Gasteiger partial charge >= 0.3 is 0 Å². The van der Waals surface area contributed by atoms with Gasteiger partial charge < -0.3 is 15.4 Å². The Morgan fingerprint density at radius 1 is 1.32 bits per heavy atom. The van der Waals surface area contributed by atoms with Crippen LogP contribution in [0, 0.1) is 0 Å². The summed E-state index contributed by atoms with van der Waals surface area (Å²) < 4.78 is 5.83. The maximum Gasteiger partial charge on any atom is 0.191 e. The van der Waals surface area contributed by atoms with Crippen LogP contribution in [0.2, 0.25) is 0 Å². The molecule has 5 heteroatoms. The molecule has 1 fully saturated rings. The average molecular weight is 287 g/mol. The SMILES string of the molecule is CCNC(=NCCCOC1CCCC1)NCCSC. The summed E-state index contributed by atoms with van der Waals surface area (Å²) in [6.07, 6.45) is 8.84. The van der Waals surface area contributed by atoms with E-state index >= 15 is 0 Å². The zero-order chi connectivity index (χ0) is 13.8. The lowest BCUT2D eigenvalue weighted by atomic mass is 10.3. The lowest BCUT2D eigenvalue weighted by Gasteiger charge is -2.12. The van der Waals surface area contributed by atoms with Crippen molar-refractivity contribution in [2.45, 2.75) is 45.1 Å². The van der Waals surface area contributed by atoms with Gasteiger partial charge in [-0.3, -0.25) is 4.99 Å². The lowest BCUT2D eigenvalue weighted by Crippen LogP contribution is -2.38. The van der Waals surface area contributed by atoms with Gasteiger partial charge in [0.05, 0.1) is 6.10 Å². The Labute approximate surface area is 122 Å². The highest BCUT2D eigenvalue weighted by molar-refractivity contribution is 7.98. The van der Waals surface area contributed by atoms with Gasteiger partial charge in [-0.05, 0) is 32.4 Å². The summed E-state index contributed by atoms with van der Waals surface area (Å²) in [6, 6.07) is 0. The molecule has 0 aromatic carbocycles. The van der Waals surface area contributed by atoms with E-state index in [-0.39, 0.29) is 0 Å². The summed E-state index contributed by atoms with van der Waals surface area (Å²) >= 11 is 1.84. The first kappa shape index (κ1) is 16.6. The molecule has 112 valence electrons. The first-order valence-corrected chi connectivity index (χ1v) is 8.89. The van der Waals surface area contributed by atoms with E-state index in [0.29, 0.717) is 6.10 Å². The average Bonchev–Trinajstić information content (AvgIpc) is 2.91. The minimum Gasteiger partial charge on any atom is -0.378 e. The van der Waals surface area contributed by atoms with Crippen LogP contribution in [0.5, 0.6) is 0 Å². The van der Waals surface area contributed by atoms with Crippen molar-refractivity contribution in [2.75, 3.05) is 38.2 Å². The normalized spacial score (nSPS) is 16.8. The highest BCUT2D eigenvalue weighted by Crippen LogP contribution is 2.20. The second-order valence-electron chi connectivity index (χ2n) is 4.81. The molecule has 1 aliphatic carbocycles. The van der Waals surface area contributed by atoms with Gasteiger partial charge in [0.2, 0.25) is 0 Å². The van der Waals surface area contributed by atoms with E-state index < -0.39 is 0 Å². The third-order valence-electron chi connectivity index (χ3n) is 3.17. The second kappa shape index (κ2) is 11.4. The molecule has 1 aliphatic rings. The Morgan fingerprint density at radius 2 is 2.11 bits per heavy atom. The second-order valence-corrected chi connectivity index (χ2v) is 5.80. The van der Waals surface area contributed by atoms with Crippen LogP contribution in [0.1, 0.15) is 39.0 Å². The van der Waals surface area contributed by atoms with E-state index in [9.17, 15) is 0 Å². The minimum absolute atomic E-state index is 0.525. The molecule has 0 heterocycles. The van der Waals surface area contributed by atoms with Crippen LogP contribution in [0.25, 0.3) is 0 Å². The van der Waals surface area contributed by atoms with E-state index in [0.717, 1.165) is 44.4 Å². The summed E-state index contributed by atoms with van der Waals surface area (Å²) in [5.74, 6) is 2.03. The Hall–Kier alpha value is -0.420. The third kappa shape index (κ3) is 8.37. The zero-order valence-corrected chi connectivity index (χ0v) is 13.2. The summed E-state index contributed by atoms with van der Waals surface area (Å²) in [5.41, 5.74) is 0. The van der Waals surface area contributed by atoms with Crippen molar-refractivity contribution in [3.05, 3.63) is 0 Å². The molecule has 0 spiro atoms. The summed E-state index contributed by atoms with van der Waals surface area (Å²) in [7, 11) is 0. The molecule has 2 N–H and O–H groups in total. The molecule has 0 atom stereocenters. The smallest absolute Gasteiger partial charge is 0.191 e. The molecular weight excluding hydrogens is 258 g/mol. The van der Waals surface area contributed by atoms with E-state index in [1.54, 1.807) is 0 Å². The molecule has 0 saturated heterocycles. The quantitative estimate of drug-likeness (QED) is 0.388. The monoisotopic (exact) mass is 287 g/mol. The number of hydrogen-bond donors (Lipinski definition) is 2. The lowest BCUT2D eigenvalue weighted by molar-refractivity contribution is 0.0579. The Bertz CT molecular complexity index is 243. The number of nitrogens with zero attached hydrogens (tertiary/aromatic N) is 1. The molecular formula is C14H29N3OS. The molecule has 0 aliphatic heterocycles. The highest BCUT2D eigenvalue weighted by atomic mass is 32.2. The van der Waals surface area contributed by atoms with Crippen LogP contribution >= 0.6 is 11.8 Å². The molecule has 0 radical (unpaired) electrons. The third-order valence-corrected chi connectivity index (χ3v) is 3.78. The molecule has 19 heavy (non-hydrogen) atoms. The van der Waals surface area contributed by atoms with Crippen molar-refractivity contribution in [1.29, 1.82) is 0 Å². The predicted molar refractivity (Wildman–Crippen MR) is 85.2 cm³/mol. The van der Waals surface area contributed by atoms with E-state index in [2.05, 4.69) is 28.8 Å². The van der Waals surface area contributed by atoms with Crippen molar-refractivity contribution in [2.24, 2.45) is 4.99 Å². The number of aliphatic imine (C=N–C) groups is 1. The molecule has 0 aromatic heterocycles. The number of guanidine groups is 1. The summed E-state index contributed by atoms with van der Waals surface area (Å²) in [6.45, 7) is 5.64. The summed E-state index contributed by atoms with van der Waals surface area (Å²) in [4.78, 5) is 4.55. The van der Waals surface area contributed by atoms with Crippen LogP contribution in [-0.2, 0) is 4.74 Å². The van der Waals surface area contributed by atoms with E-state index in [1.165, 1.54) is 25.7 Å². The van der Waals surface area contributed by atoms with Crippen molar-refractivity contribution in [3.8, 4) is 0 Å². The Morgan fingerprint density at radius 3 is 2.79 bits per heavy atom. The van der Waals surface area contributed by atoms with Crippen LogP contribution in [0.15, 0.2) is 4.99 Å². The van der Waals surface area contributed by atoms with Gasteiger partial charge in [-0.25, -0.2) is 0 Å². The standard InChI is InChI=1S/C14H29N3OS/c1-3-15-14(17-10-12-19-2)16-9-6-11-18-13-7-4-5-8-13/h13H,3-12H2,1-2H3,(H2,15,16,17). The maximum absolute atomic E-state index is 5.83. The number of ether oxygens (including phenoxy) is 1. The predicted octanol–water partition coefficient (Wildman–Crippen LogP) is 2.25. The van der Waals surface area contributed by atoms with Crippen molar-refractivity contribution < 1.29 is 4.74 Å². The molecule has 0 unspecified atom stereocenters. The van der Waals surface area contributed by atoms with Gasteiger partial charge in [0, 0.05) is 32.0 Å². The fourth-order valence-corrected chi connectivity index (χ4v) is 2.48. The largest absolute Gasteiger partial charge is 0.378 e. The van der Waals surface area contributed by atoms with E-state index in [1.807, 2.05) is 11.8 Å². The molecule has 0 aromatic rings. The Balaban J connectivity index is 2.07. The molecule has 0 amide bonds. The first-order chi connectivity index (χ1) is 9.36. The number of thioether (sulfide) groups is 1. The van der Waals surface area contributed by atoms with Crippen LogP contribution in [0.4, 0.5) is 0 Å². The topological polar surface area (TPSA) is 45.7 Å². The fraction of sp³-hybridized carbons (Fsp3) is 0.929. The van der Waals surface area contributed by atoms with Crippen molar-refractivity contribution >= 4 is 17.7 Å². The zero-order valence-electron chi connectivity index (χ0n) is 12.4. The number of nitrogens with one attached hydrogen (secondary N) is 2. The highest BCUT2D eigenvalue weighted by Gasteiger charge is 2.14.